The lowest BCUT2D eigenvalue weighted by Crippen LogP contribution is -2.23. The van der Waals surface area contributed by atoms with Gasteiger partial charge in [-0.25, -0.2) is 0 Å². The predicted molar refractivity (Wildman–Crippen MR) is 71.1 cm³/mol. The summed E-state index contributed by atoms with van der Waals surface area (Å²) in [6, 6.07) is 2.07. The lowest BCUT2D eigenvalue weighted by molar-refractivity contribution is 0.0985. The van der Waals surface area contributed by atoms with E-state index in [0.717, 1.165) is 11.8 Å². The third-order valence-electron chi connectivity index (χ3n) is 2.66. The van der Waals surface area contributed by atoms with E-state index in [9.17, 15) is 9.59 Å². The Hall–Kier alpha value is -1.81. The van der Waals surface area contributed by atoms with Crippen LogP contribution in [0.5, 0.6) is 0 Å². The number of hydrogen-bond acceptors (Lipinski definition) is 3. The highest BCUT2D eigenvalue weighted by Crippen LogP contribution is 2.32. The molecule has 0 N–H and O–H groups in total. The molecular weight excluding hydrogens is 246 g/mol. The molecule has 3 nitrogen and oxygen atoms in total. The maximum atomic E-state index is 12.7. The van der Waals surface area contributed by atoms with Gasteiger partial charge in [-0.15, -0.1) is 0 Å². The third kappa shape index (κ3) is 1.88. The van der Waals surface area contributed by atoms with Crippen molar-refractivity contribution in [3.63, 3.8) is 0 Å². The number of pyridine rings is 1. The molecule has 1 aromatic heterocycles. The first kappa shape index (κ1) is 6.95. The minimum absolute atomic E-state index is 0.126. The second kappa shape index (κ2) is 4.46. The van der Waals surface area contributed by atoms with Gasteiger partial charge in [0.25, 0.3) is 5.56 Å². The summed E-state index contributed by atoms with van der Waals surface area (Å²) in [5.74, 6) is -0.560. The number of benzene rings is 1. The quantitative estimate of drug-likeness (QED) is 0.779. The summed E-state index contributed by atoms with van der Waals surface area (Å²) >= 11 is 1.16. The van der Waals surface area contributed by atoms with Gasteiger partial charge < -0.3 is 4.57 Å². The molecule has 0 aliphatic carbocycles. The molecule has 3 rings (SSSR count). The first-order valence-electron chi connectivity index (χ1n) is 7.80. The molecule has 0 amide bonds. The Morgan fingerprint density at radius 2 is 2.11 bits per heavy atom. The fraction of sp³-hybridized carbons (Fsp3) is 0.143. The van der Waals surface area contributed by atoms with Gasteiger partial charge in [0.1, 0.15) is 0 Å². The molecule has 0 saturated carbocycles. The third-order valence-corrected chi connectivity index (χ3v) is 3.91. The summed E-state index contributed by atoms with van der Waals surface area (Å²) < 4.78 is 40.0. The number of Topliss-reactive ketones (excluding diaryl/α,β-unsaturated/α-hetero) is 1. The number of rotatable bonds is 2. The van der Waals surface area contributed by atoms with Gasteiger partial charge in [-0.1, -0.05) is 48.0 Å². The monoisotopic (exact) mass is 262 g/mol. The van der Waals surface area contributed by atoms with Gasteiger partial charge in [-0.05, 0) is 6.07 Å². The molecule has 1 atom stereocenters. The van der Waals surface area contributed by atoms with Gasteiger partial charge >= 0.3 is 0 Å². The molecule has 0 spiro atoms. The fourth-order valence-corrected chi connectivity index (χ4v) is 2.99. The summed E-state index contributed by atoms with van der Waals surface area (Å²) in [5.41, 5.74) is -0.555. The van der Waals surface area contributed by atoms with Crippen molar-refractivity contribution in [2.75, 3.05) is 0 Å². The number of ketones is 1. The lowest BCUT2D eigenvalue weighted by atomic mass is 10.1. The zero-order valence-corrected chi connectivity index (χ0v) is 10.0. The molecule has 0 radical (unpaired) electrons. The Bertz CT molecular complexity index is 866. The number of hydrogen-bond donors (Lipinski definition) is 0. The Morgan fingerprint density at radius 1 is 1.33 bits per heavy atom. The van der Waals surface area contributed by atoms with E-state index in [4.69, 9.17) is 6.85 Å². The number of nitrogens with zero attached hydrogens (tertiary/aromatic N) is 1. The topological polar surface area (TPSA) is 39.1 Å². The number of fused-ring (bicyclic) bond motifs is 1. The molecule has 1 aliphatic rings. The van der Waals surface area contributed by atoms with Gasteiger partial charge in [0.15, 0.2) is 5.78 Å². The second-order valence-electron chi connectivity index (χ2n) is 3.78. The highest BCUT2D eigenvalue weighted by Gasteiger charge is 2.29. The molecule has 0 saturated heterocycles. The first-order chi connectivity index (χ1) is 10.8. The Kier molecular flexibility index (Phi) is 1.72. The summed E-state index contributed by atoms with van der Waals surface area (Å²) in [5, 5.41) is -0.0584. The maximum absolute atomic E-state index is 12.7. The second-order valence-corrected chi connectivity index (χ2v) is 5.01. The van der Waals surface area contributed by atoms with Crippen LogP contribution >= 0.6 is 11.8 Å². The van der Waals surface area contributed by atoms with Crippen molar-refractivity contribution >= 4 is 17.5 Å². The van der Waals surface area contributed by atoms with Crippen LogP contribution in [0.3, 0.4) is 0 Å². The van der Waals surface area contributed by atoms with Gasteiger partial charge in [0, 0.05) is 18.2 Å². The maximum Gasteiger partial charge on any atom is 0.251 e. The Balaban J connectivity index is 2.04. The molecular formula is C14H11NO2S. The van der Waals surface area contributed by atoms with Crippen molar-refractivity contribution in [2.24, 2.45) is 0 Å². The number of carbonyl (C=O) groups is 1. The van der Waals surface area contributed by atoms with Crippen LogP contribution in [0.1, 0.15) is 17.2 Å². The Morgan fingerprint density at radius 3 is 2.83 bits per heavy atom. The van der Waals surface area contributed by atoms with Crippen molar-refractivity contribution in [3.05, 3.63) is 64.3 Å². The van der Waals surface area contributed by atoms with Crippen molar-refractivity contribution in [1.82, 2.24) is 4.57 Å². The minimum Gasteiger partial charge on any atom is -0.302 e. The van der Waals surface area contributed by atoms with E-state index in [1.807, 2.05) is 0 Å². The van der Waals surface area contributed by atoms with Crippen LogP contribution in [-0.2, 0) is 6.54 Å². The van der Waals surface area contributed by atoms with E-state index < -0.39 is 41.2 Å². The van der Waals surface area contributed by atoms with Gasteiger partial charge in [0.2, 0.25) is 0 Å². The van der Waals surface area contributed by atoms with E-state index >= 15 is 0 Å². The molecule has 1 aliphatic heterocycles. The van der Waals surface area contributed by atoms with Crippen LogP contribution < -0.4 is 5.56 Å². The van der Waals surface area contributed by atoms with Crippen molar-refractivity contribution in [2.45, 2.75) is 16.8 Å². The fourth-order valence-electron chi connectivity index (χ4n) is 1.80. The molecule has 90 valence electrons. The zero-order chi connectivity index (χ0) is 16.9. The molecule has 0 bridgehead atoms. The lowest BCUT2D eigenvalue weighted by Gasteiger charge is -2.06. The number of thioether (sulfide) groups is 1. The molecule has 18 heavy (non-hydrogen) atoms. The molecule has 2 aromatic rings. The average Bonchev–Trinajstić information content (AvgIpc) is 2.97. The van der Waals surface area contributed by atoms with Gasteiger partial charge in [0.05, 0.1) is 17.1 Å². The highest BCUT2D eigenvalue weighted by atomic mass is 32.2. The van der Waals surface area contributed by atoms with Crippen molar-refractivity contribution in [1.29, 1.82) is 0 Å². The normalized spacial score (nSPS) is 21.3. The highest BCUT2D eigenvalue weighted by molar-refractivity contribution is 8.00. The van der Waals surface area contributed by atoms with E-state index in [1.54, 1.807) is 12.1 Å². The van der Waals surface area contributed by atoms with Gasteiger partial charge in [-0.3, -0.25) is 9.59 Å². The van der Waals surface area contributed by atoms with E-state index in [-0.39, 0.29) is 17.7 Å². The van der Waals surface area contributed by atoms with Crippen LogP contribution in [0.2, 0.25) is 0 Å². The number of carbonyl (C=O) groups excluding carboxylic acids is 1. The van der Waals surface area contributed by atoms with Crippen LogP contribution in [0.15, 0.2) is 58.2 Å². The molecule has 2 heterocycles. The van der Waals surface area contributed by atoms with Crippen LogP contribution in [-0.4, -0.2) is 15.6 Å². The largest absolute Gasteiger partial charge is 0.302 e. The standard InChI is InChI=1S/C14H11NO2S/c16-12-7-4-8-13-15(12)9-11(18-13)14(17)10-5-2-1-3-6-10/h1-8,11H,9H2/i1D,2D,3D,5D,6D. The SMILES string of the molecule is [2H]c1c([2H])c([2H])c(C(=O)C2Cn3c(cccc3=O)S2)c([2H])c1[2H]. The van der Waals surface area contributed by atoms with E-state index in [0.29, 0.717) is 5.03 Å². The van der Waals surface area contributed by atoms with Crippen LogP contribution in [0.25, 0.3) is 0 Å². The summed E-state index contributed by atoms with van der Waals surface area (Å²) in [7, 11) is 0. The Labute approximate surface area is 115 Å². The average molecular weight is 262 g/mol. The molecule has 1 aromatic carbocycles. The molecule has 4 heteroatoms. The molecule has 0 fully saturated rings. The van der Waals surface area contributed by atoms with Crippen LogP contribution in [0, 0.1) is 0 Å². The minimum atomic E-state index is -0.686. The van der Waals surface area contributed by atoms with Crippen molar-refractivity contribution < 1.29 is 11.6 Å². The predicted octanol–water partition coefficient (Wildman–Crippen LogP) is 2.21. The summed E-state index contributed by atoms with van der Waals surface area (Å²) in [4.78, 5) is 24.5. The summed E-state index contributed by atoms with van der Waals surface area (Å²) in [6.07, 6.45) is 0. The summed E-state index contributed by atoms with van der Waals surface area (Å²) in [6.45, 7) is 0.126. The van der Waals surface area contributed by atoms with Gasteiger partial charge in [-0.2, -0.15) is 0 Å². The van der Waals surface area contributed by atoms with E-state index in [2.05, 4.69) is 0 Å². The molecule has 1 unspecified atom stereocenters. The van der Waals surface area contributed by atoms with E-state index in [1.165, 1.54) is 10.6 Å². The van der Waals surface area contributed by atoms with Crippen molar-refractivity contribution in [3.8, 4) is 0 Å². The smallest absolute Gasteiger partial charge is 0.251 e. The first-order valence-corrected chi connectivity index (χ1v) is 6.18. The zero-order valence-electron chi connectivity index (χ0n) is 14.2. The van der Waals surface area contributed by atoms with Crippen LogP contribution in [0.4, 0.5) is 0 Å². The number of aromatic nitrogens is 1.